The molecule has 1 heterocycles. The van der Waals surface area contributed by atoms with Gasteiger partial charge >= 0.3 is 0 Å². The molecule has 0 spiro atoms. The number of rotatable bonds is 9. The number of aliphatic hydroxyl groups excluding tert-OH is 1. The third-order valence-corrected chi connectivity index (χ3v) is 8.17. The van der Waals surface area contributed by atoms with Crippen LogP contribution in [0, 0.1) is 0 Å². The lowest BCUT2D eigenvalue weighted by molar-refractivity contribution is 0.216. The van der Waals surface area contributed by atoms with Crippen molar-refractivity contribution in [2.24, 2.45) is 0 Å². The van der Waals surface area contributed by atoms with E-state index in [1.165, 1.54) is 12.5 Å². The Kier molecular flexibility index (Phi) is 7.72. The van der Waals surface area contributed by atoms with Crippen molar-refractivity contribution < 1.29 is 21.9 Å². The Bertz CT molecular complexity index is 1610. The largest absolute Gasteiger partial charge is 0.394 e. The number of nitrogens with zero attached hydrogens (tertiary/aromatic N) is 3. The summed E-state index contributed by atoms with van der Waals surface area (Å²) in [5.74, 6) is 0. The van der Waals surface area contributed by atoms with Gasteiger partial charge in [-0.25, -0.2) is 21.5 Å². The summed E-state index contributed by atoms with van der Waals surface area (Å²) in [6, 6.07) is 20.9. The molecule has 1 aromatic heterocycles. The lowest BCUT2D eigenvalue weighted by Crippen LogP contribution is -2.16. The highest BCUT2D eigenvalue weighted by molar-refractivity contribution is 7.91. The van der Waals surface area contributed by atoms with Crippen LogP contribution in [0.5, 0.6) is 0 Å². The molecule has 192 valence electrons. The first-order chi connectivity index (χ1) is 17.5. The van der Waals surface area contributed by atoms with Crippen LogP contribution in [-0.4, -0.2) is 56.1 Å². The fourth-order valence-corrected chi connectivity index (χ4v) is 5.06. The molecular weight excluding hydrogens is 510 g/mol. The Morgan fingerprint density at radius 1 is 0.784 bits per heavy atom. The topological polar surface area (TPSA) is 119 Å². The van der Waals surface area contributed by atoms with Gasteiger partial charge in [-0.15, -0.1) is 5.10 Å². The molecule has 0 aliphatic carbocycles. The van der Waals surface area contributed by atoms with Crippen LogP contribution in [0.15, 0.2) is 88.8 Å². The Balaban J connectivity index is 1.42. The van der Waals surface area contributed by atoms with Gasteiger partial charge in [0.1, 0.15) is 5.69 Å². The summed E-state index contributed by atoms with van der Waals surface area (Å²) in [6.45, 7) is -0.117. The third kappa shape index (κ3) is 6.79. The number of sulfone groups is 2. The van der Waals surface area contributed by atoms with E-state index in [9.17, 15) is 21.9 Å². The van der Waals surface area contributed by atoms with Gasteiger partial charge in [0.2, 0.25) is 0 Å². The average Bonchev–Trinajstić information content (AvgIpc) is 3.34. The Morgan fingerprint density at radius 2 is 1.30 bits per heavy atom. The molecule has 0 amide bonds. The first kappa shape index (κ1) is 26.5. The van der Waals surface area contributed by atoms with E-state index in [4.69, 9.17) is 0 Å². The SMILES string of the molecule is CS(=O)(=O)c1ccc(/C=C/c2cn([C@H](CO)Cc3ccc(-c4ccc(S(C)(=O)=O)cc4)cc3)nn2)cc1. The molecule has 3 aromatic carbocycles. The van der Waals surface area contributed by atoms with E-state index in [-0.39, 0.29) is 22.4 Å². The van der Waals surface area contributed by atoms with Crippen molar-refractivity contribution >= 4 is 31.8 Å². The van der Waals surface area contributed by atoms with Gasteiger partial charge in [-0.1, -0.05) is 59.8 Å². The molecule has 0 unspecified atom stereocenters. The van der Waals surface area contributed by atoms with Crippen LogP contribution < -0.4 is 0 Å². The molecule has 0 bridgehead atoms. The van der Waals surface area contributed by atoms with Gasteiger partial charge in [0.05, 0.1) is 28.6 Å². The monoisotopic (exact) mass is 537 g/mol. The van der Waals surface area contributed by atoms with Crippen LogP contribution in [0.2, 0.25) is 0 Å². The summed E-state index contributed by atoms with van der Waals surface area (Å²) in [5.41, 5.74) is 4.32. The molecule has 0 saturated heterocycles. The number of hydrogen-bond acceptors (Lipinski definition) is 7. The van der Waals surface area contributed by atoms with Crippen LogP contribution in [0.25, 0.3) is 23.3 Å². The molecule has 1 atom stereocenters. The van der Waals surface area contributed by atoms with Crippen molar-refractivity contribution in [3.8, 4) is 11.1 Å². The fraction of sp³-hybridized carbons (Fsp3) is 0.185. The highest BCUT2D eigenvalue weighted by Crippen LogP contribution is 2.23. The van der Waals surface area contributed by atoms with Crippen molar-refractivity contribution in [2.45, 2.75) is 22.3 Å². The van der Waals surface area contributed by atoms with Gasteiger partial charge in [-0.3, -0.25) is 0 Å². The molecule has 0 saturated carbocycles. The summed E-state index contributed by atoms with van der Waals surface area (Å²) in [7, 11) is -6.47. The van der Waals surface area contributed by atoms with Crippen LogP contribution >= 0.6 is 0 Å². The first-order valence-corrected chi connectivity index (χ1v) is 15.2. The lowest BCUT2D eigenvalue weighted by Gasteiger charge is -2.14. The number of benzene rings is 3. The minimum Gasteiger partial charge on any atom is -0.394 e. The maximum absolute atomic E-state index is 11.7. The van der Waals surface area contributed by atoms with Crippen molar-refractivity contribution in [1.82, 2.24) is 15.0 Å². The molecule has 4 aromatic rings. The van der Waals surface area contributed by atoms with Crippen LogP contribution in [-0.2, 0) is 26.1 Å². The van der Waals surface area contributed by atoms with E-state index in [1.807, 2.05) is 30.3 Å². The predicted molar refractivity (Wildman–Crippen MR) is 143 cm³/mol. The van der Waals surface area contributed by atoms with Crippen molar-refractivity contribution in [1.29, 1.82) is 0 Å². The molecule has 10 heteroatoms. The smallest absolute Gasteiger partial charge is 0.175 e. The number of aromatic nitrogens is 3. The first-order valence-electron chi connectivity index (χ1n) is 11.4. The molecule has 4 rings (SSSR count). The van der Waals surface area contributed by atoms with Crippen molar-refractivity contribution in [3.05, 3.63) is 95.8 Å². The van der Waals surface area contributed by atoms with Gasteiger partial charge in [-0.2, -0.15) is 0 Å². The van der Waals surface area contributed by atoms with Crippen LogP contribution in [0.3, 0.4) is 0 Å². The molecule has 37 heavy (non-hydrogen) atoms. The normalized spacial score (nSPS) is 13.2. The van der Waals surface area contributed by atoms with Gasteiger partial charge in [0.15, 0.2) is 19.7 Å². The fourth-order valence-electron chi connectivity index (χ4n) is 3.79. The standard InChI is InChI=1S/C27H27N3O5S2/c1-36(32,33)26-13-6-20(7-14-26)5-12-24-18-30(29-28-24)25(19-31)17-21-3-8-22(9-4-21)23-10-15-27(16-11-23)37(2,34)35/h3-16,18,25,31H,17,19H2,1-2H3/b12-5+/t25-/m0/s1. The number of aliphatic hydroxyl groups is 1. The van der Waals surface area contributed by atoms with Gasteiger partial charge in [0.25, 0.3) is 0 Å². The molecule has 8 nitrogen and oxygen atoms in total. The van der Waals surface area contributed by atoms with E-state index in [0.29, 0.717) is 12.1 Å². The number of hydrogen-bond donors (Lipinski definition) is 1. The zero-order valence-corrected chi connectivity index (χ0v) is 22.0. The van der Waals surface area contributed by atoms with E-state index < -0.39 is 19.7 Å². The molecule has 1 N–H and O–H groups in total. The molecular formula is C27H27N3O5S2. The molecule has 0 aliphatic heterocycles. The Morgan fingerprint density at radius 3 is 1.81 bits per heavy atom. The summed E-state index contributed by atoms with van der Waals surface area (Å²) in [4.78, 5) is 0.546. The summed E-state index contributed by atoms with van der Waals surface area (Å²) >= 11 is 0. The van der Waals surface area contributed by atoms with Crippen LogP contribution in [0.1, 0.15) is 22.9 Å². The Labute approximate surface area is 216 Å². The summed E-state index contributed by atoms with van der Waals surface area (Å²) in [5, 5.41) is 18.3. The Hall–Kier alpha value is -3.60. The van der Waals surface area contributed by atoms with E-state index in [2.05, 4.69) is 10.3 Å². The zero-order chi connectivity index (χ0) is 26.6. The van der Waals surface area contributed by atoms with E-state index in [1.54, 1.807) is 65.5 Å². The average molecular weight is 538 g/mol. The summed E-state index contributed by atoms with van der Waals surface area (Å²) < 4.78 is 48.1. The van der Waals surface area contributed by atoms with Crippen LogP contribution in [0.4, 0.5) is 0 Å². The maximum Gasteiger partial charge on any atom is 0.175 e. The van der Waals surface area contributed by atoms with Gasteiger partial charge in [0, 0.05) is 12.5 Å². The lowest BCUT2D eigenvalue weighted by atomic mass is 10.0. The second-order valence-electron chi connectivity index (χ2n) is 8.83. The maximum atomic E-state index is 11.7. The third-order valence-electron chi connectivity index (χ3n) is 5.91. The van der Waals surface area contributed by atoms with E-state index in [0.717, 1.165) is 22.3 Å². The minimum atomic E-state index is -3.24. The molecule has 0 radical (unpaired) electrons. The summed E-state index contributed by atoms with van der Waals surface area (Å²) in [6.07, 6.45) is 8.24. The van der Waals surface area contributed by atoms with Gasteiger partial charge < -0.3 is 5.11 Å². The molecule has 0 fully saturated rings. The second-order valence-corrected chi connectivity index (χ2v) is 12.9. The second kappa shape index (κ2) is 10.8. The molecule has 0 aliphatic rings. The van der Waals surface area contributed by atoms with E-state index >= 15 is 0 Å². The minimum absolute atomic E-state index is 0.117. The van der Waals surface area contributed by atoms with Crippen molar-refractivity contribution in [2.75, 3.05) is 19.1 Å². The van der Waals surface area contributed by atoms with Crippen molar-refractivity contribution in [3.63, 3.8) is 0 Å². The highest BCUT2D eigenvalue weighted by atomic mass is 32.2. The highest BCUT2D eigenvalue weighted by Gasteiger charge is 2.14. The predicted octanol–water partition coefficient (Wildman–Crippen LogP) is 3.70. The quantitative estimate of drug-likeness (QED) is 0.346. The zero-order valence-electron chi connectivity index (χ0n) is 20.4. The van der Waals surface area contributed by atoms with Gasteiger partial charge in [-0.05, 0) is 59.0 Å².